The van der Waals surface area contributed by atoms with Crippen molar-refractivity contribution in [1.82, 2.24) is 4.98 Å². The molecule has 1 heterocycles. The van der Waals surface area contributed by atoms with E-state index in [4.69, 9.17) is 5.11 Å². The summed E-state index contributed by atoms with van der Waals surface area (Å²) in [5.74, 6) is -0.990. The number of aromatic nitrogens is 1. The van der Waals surface area contributed by atoms with Crippen molar-refractivity contribution in [1.29, 1.82) is 0 Å². The number of carboxylic acids is 1. The van der Waals surface area contributed by atoms with Crippen LogP contribution in [-0.4, -0.2) is 39.1 Å². The van der Waals surface area contributed by atoms with E-state index >= 15 is 0 Å². The molecule has 0 unspecified atom stereocenters. The zero-order chi connectivity index (χ0) is 6.69. The number of nitrogens with zero attached hydrogens (tertiary/aromatic N) is 1. The molecule has 0 aliphatic rings. The van der Waals surface area contributed by atoms with E-state index < -0.39 is 5.97 Å². The Morgan fingerprint density at radius 2 is 2.30 bits per heavy atom. The van der Waals surface area contributed by atoms with Gasteiger partial charge < -0.3 is 7.96 Å². The Morgan fingerprint density at radius 3 is 2.60 bits per heavy atom. The van der Waals surface area contributed by atoms with Crippen LogP contribution >= 0.6 is 0 Å². The fourth-order valence-corrected chi connectivity index (χ4v) is 0.489. The van der Waals surface area contributed by atoms with E-state index in [-0.39, 0.29) is 31.6 Å². The summed E-state index contributed by atoms with van der Waals surface area (Å²) < 4.78 is 0. The van der Waals surface area contributed by atoms with Crippen LogP contribution in [0.2, 0.25) is 0 Å². The minimum atomic E-state index is -0.990. The van der Waals surface area contributed by atoms with Gasteiger partial charge in [-0.3, -0.25) is 0 Å². The third kappa shape index (κ3) is 2.32. The minimum Gasteiger partial charge on any atom is -1.00 e. The Morgan fingerprint density at radius 1 is 1.60 bits per heavy atom. The van der Waals surface area contributed by atoms with E-state index in [0.717, 1.165) is 0 Å². The maximum Gasteiger partial charge on any atom is 2.00 e. The first-order chi connectivity index (χ1) is 4.30. The van der Waals surface area contributed by atoms with Gasteiger partial charge in [0.15, 0.2) is 0 Å². The van der Waals surface area contributed by atoms with Gasteiger partial charge in [-0.15, -0.1) is 0 Å². The second-order valence-electron chi connectivity index (χ2n) is 1.52. The standard InChI is InChI=1S/C6H5NO2.Mg.2H/c8-6(9)5-3-1-2-4-7-5;;;/h1-4H,(H,8,9);;;/q;+2;2*-1. The molecule has 0 bridgehead atoms. The number of hydrogen-bond donors (Lipinski definition) is 1. The van der Waals surface area contributed by atoms with Crippen LogP contribution in [0, 0.1) is 0 Å². The molecular formula is C6H7MgNO2. The molecule has 0 spiro atoms. The molecule has 0 fully saturated rings. The van der Waals surface area contributed by atoms with Gasteiger partial charge in [0.2, 0.25) is 0 Å². The summed E-state index contributed by atoms with van der Waals surface area (Å²) in [4.78, 5) is 13.7. The molecule has 0 amide bonds. The summed E-state index contributed by atoms with van der Waals surface area (Å²) in [6.07, 6.45) is 1.45. The summed E-state index contributed by atoms with van der Waals surface area (Å²) >= 11 is 0. The normalized spacial score (nSPS) is 8.00. The first-order valence-electron chi connectivity index (χ1n) is 2.45. The van der Waals surface area contributed by atoms with Gasteiger partial charge in [0.05, 0.1) is 0 Å². The van der Waals surface area contributed by atoms with Crippen LogP contribution in [0.25, 0.3) is 0 Å². The van der Waals surface area contributed by atoms with E-state index in [2.05, 4.69) is 4.98 Å². The van der Waals surface area contributed by atoms with Crippen LogP contribution < -0.4 is 0 Å². The topological polar surface area (TPSA) is 50.2 Å². The van der Waals surface area contributed by atoms with Crippen LogP contribution in [0.1, 0.15) is 13.3 Å². The van der Waals surface area contributed by atoms with E-state index in [9.17, 15) is 4.79 Å². The molecule has 0 aromatic carbocycles. The Hall–Kier alpha value is -0.614. The predicted octanol–water partition coefficient (Wildman–Crippen LogP) is 0.624. The van der Waals surface area contributed by atoms with Gasteiger partial charge >= 0.3 is 29.0 Å². The molecule has 50 valence electrons. The predicted molar refractivity (Wildman–Crippen MR) is 39.2 cm³/mol. The monoisotopic (exact) mass is 149 g/mol. The number of carbonyl (C=O) groups is 1. The van der Waals surface area contributed by atoms with Gasteiger partial charge in [-0.05, 0) is 12.1 Å². The Labute approximate surface area is 77.2 Å². The van der Waals surface area contributed by atoms with E-state index in [1.54, 1.807) is 12.1 Å². The molecule has 1 aromatic rings. The first kappa shape index (κ1) is 9.39. The fraction of sp³-hybridized carbons (Fsp3) is 0. The molecule has 0 saturated carbocycles. The summed E-state index contributed by atoms with van der Waals surface area (Å²) in [5.41, 5.74) is 0.0810. The van der Waals surface area contributed by atoms with Crippen molar-refractivity contribution < 1.29 is 12.8 Å². The van der Waals surface area contributed by atoms with Crippen LogP contribution in [0.4, 0.5) is 0 Å². The summed E-state index contributed by atoms with van der Waals surface area (Å²) in [6, 6.07) is 4.76. The molecule has 0 atom stereocenters. The molecular weight excluding hydrogens is 142 g/mol. The van der Waals surface area contributed by atoms with Crippen molar-refractivity contribution in [3.63, 3.8) is 0 Å². The molecule has 1 N–H and O–H groups in total. The molecule has 0 saturated heterocycles. The molecule has 0 aliphatic heterocycles. The third-order valence-corrected chi connectivity index (χ3v) is 0.884. The van der Waals surface area contributed by atoms with Gasteiger partial charge in [0.1, 0.15) is 5.69 Å². The molecule has 1 rings (SSSR count). The van der Waals surface area contributed by atoms with Gasteiger partial charge in [-0.2, -0.15) is 0 Å². The van der Waals surface area contributed by atoms with E-state index in [1.807, 2.05) is 0 Å². The van der Waals surface area contributed by atoms with Crippen LogP contribution in [-0.2, 0) is 0 Å². The Balaban J connectivity index is -0.000000270. The number of carboxylic acid groups (broad SMARTS) is 1. The number of aromatic carboxylic acids is 1. The second-order valence-corrected chi connectivity index (χ2v) is 1.52. The van der Waals surface area contributed by atoms with Crippen molar-refractivity contribution in [3.05, 3.63) is 30.1 Å². The number of hydrogen-bond acceptors (Lipinski definition) is 2. The number of rotatable bonds is 1. The SMILES string of the molecule is O=C(O)c1ccccn1.[H-].[H-].[Mg+2]. The van der Waals surface area contributed by atoms with Gasteiger partial charge in [-0.1, -0.05) is 6.07 Å². The van der Waals surface area contributed by atoms with Gasteiger partial charge in [-0.25, -0.2) is 9.78 Å². The zero-order valence-corrected chi connectivity index (χ0v) is 6.73. The van der Waals surface area contributed by atoms with Crippen molar-refractivity contribution in [2.24, 2.45) is 0 Å². The molecule has 0 aliphatic carbocycles. The van der Waals surface area contributed by atoms with Gasteiger partial charge in [0.25, 0.3) is 0 Å². The summed E-state index contributed by atoms with van der Waals surface area (Å²) in [5, 5.41) is 8.32. The number of pyridine rings is 1. The van der Waals surface area contributed by atoms with Crippen molar-refractivity contribution in [2.75, 3.05) is 0 Å². The molecule has 10 heavy (non-hydrogen) atoms. The quantitative estimate of drug-likeness (QED) is 0.596. The molecule has 0 radical (unpaired) electrons. The molecule has 4 heteroatoms. The third-order valence-electron chi connectivity index (χ3n) is 0.884. The van der Waals surface area contributed by atoms with E-state index in [1.165, 1.54) is 12.3 Å². The van der Waals surface area contributed by atoms with Crippen LogP contribution in [0.15, 0.2) is 24.4 Å². The Bertz CT molecular complexity index is 220. The Kier molecular flexibility index (Phi) is 3.98. The summed E-state index contributed by atoms with van der Waals surface area (Å²) in [7, 11) is 0. The minimum absolute atomic E-state index is 0. The summed E-state index contributed by atoms with van der Waals surface area (Å²) in [6.45, 7) is 0. The fourth-order valence-electron chi connectivity index (χ4n) is 0.489. The van der Waals surface area contributed by atoms with Crippen molar-refractivity contribution >= 4 is 29.0 Å². The first-order valence-corrected chi connectivity index (χ1v) is 2.45. The average molecular weight is 149 g/mol. The molecule has 3 nitrogen and oxygen atoms in total. The average Bonchev–Trinajstić information content (AvgIpc) is 1.90. The van der Waals surface area contributed by atoms with Crippen LogP contribution in [0.5, 0.6) is 0 Å². The zero-order valence-electron chi connectivity index (χ0n) is 7.32. The maximum atomic E-state index is 10.1. The van der Waals surface area contributed by atoms with Crippen molar-refractivity contribution in [3.8, 4) is 0 Å². The van der Waals surface area contributed by atoms with Crippen molar-refractivity contribution in [2.45, 2.75) is 0 Å². The maximum absolute atomic E-state index is 10.1. The molecule has 1 aromatic heterocycles. The smallest absolute Gasteiger partial charge is 1.00 e. The second kappa shape index (κ2) is 4.24. The largest absolute Gasteiger partial charge is 2.00 e. The van der Waals surface area contributed by atoms with E-state index in [0.29, 0.717) is 0 Å². The van der Waals surface area contributed by atoms with Crippen LogP contribution in [0.3, 0.4) is 0 Å². The van der Waals surface area contributed by atoms with Gasteiger partial charge in [0, 0.05) is 6.20 Å².